The van der Waals surface area contributed by atoms with Gasteiger partial charge in [-0.25, -0.2) is 0 Å². The second kappa shape index (κ2) is 11.1. The zero-order valence-electron chi connectivity index (χ0n) is 16.8. The zero-order chi connectivity index (χ0) is 18.8. The Bertz CT molecular complexity index is 537. The minimum atomic E-state index is 0.547. The molecule has 1 aliphatic heterocycles. The summed E-state index contributed by atoms with van der Waals surface area (Å²) in [4.78, 5) is 6.58. The molecule has 146 valence electrons. The van der Waals surface area contributed by atoms with E-state index in [0.717, 1.165) is 43.9 Å². The average Bonchev–Trinajstić information content (AvgIpc) is 2.67. The predicted octanol–water partition coefficient (Wildman–Crippen LogP) is 3.51. The Morgan fingerprint density at radius 1 is 1.27 bits per heavy atom. The molecule has 5 heteroatoms. The lowest BCUT2D eigenvalue weighted by Crippen LogP contribution is -2.41. The third kappa shape index (κ3) is 6.87. The minimum Gasteiger partial charge on any atom is -0.492 e. The molecule has 1 N–H and O–H groups in total. The molecule has 1 aromatic rings. The fraction of sp³-hybridized carbons (Fsp3) is 0.667. The smallest absolute Gasteiger partial charge is 0.193 e. The molecule has 1 heterocycles. The van der Waals surface area contributed by atoms with Crippen molar-refractivity contribution >= 4 is 5.96 Å². The molecule has 1 aliphatic rings. The maximum Gasteiger partial charge on any atom is 0.193 e. The lowest BCUT2D eigenvalue weighted by atomic mass is 9.96. The van der Waals surface area contributed by atoms with Crippen LogP contribution in [0.5, 0.6) is 5.75 Å². The molecule has 0 aliphatic carbocycles. The number of nitrogens with zero attached hydrogens (tertiary/aromatic N) is 2. The van der Waals surface area contributed by atoms with Gasteiger partial charge in [0.15, 0.2) is 5.96 Å². The van der Waals surface area contributed by atoms with Crippen LogP contribution >= 0.6 is 0 Å². The normalized spacial score (nSPS) is 16.0. The van der Waals surface area contributed by atoms with Crippen molar-refractivity contribution in [1.29, 1.82) is 0 Å². The van der Waals surface area contributed by atoms with E-state index in [4.69, 9.17) is 9.47 Å². The minimum absolute atomic E-state index is 0.547. The van der Waals surface area contributed by atoms with Gasteiger partial charge in [0, 0.05) is 33.9 Å². The van der Waals surface area contributed by atoms with Crippen LogP contribution in [0.3, 0.4) is 0 Å². The van der Waals surface area contributed by atoms with Gasteiger partial charge in [-0.2, -0.15) is 0 Å². The molecule has 0 aromatic heterocycles. The molecule has 2 rings (SSSR count). The van der Waals surface area contributed by atoms with Gasteiger partial charge in [-0.05, 0) is 48.8 Å². The van der Waals surface area contributed by atoms with Gasteiger partial charge in [0.1, 0.15) is 12.4 Å². The molecule has 1 aromatic carbocycles. The van der Waals surface area contributed by atoms with Crippen molar-refractivity contribution in [1.82, 2.24) is 10.2 Å². The first-order chi connectivity index (χ1) is 12.6. The van der Waals surface area contributed by atoms with Gasteiger partial charge in [0.2, 0.25) is 0 Å². The Labute approximate surface area is 158 Å². The molecular weight excluding hydrogens is 326 g/mol. The van der Waals surface area contributed by atoms with Crippen LogP contribution in [0.15, 0.2) is 29.3 Å². The first-order valence-corrected chi connectivity index (χ1v) is 9.82. The molecule has 1 fully saturated rings. The summed E-state index contributed by atoms with van der Waals surface area (Å²) in [6.45, 7) is 8.59. The van der Waals surface area contributed by atoms with E-state index in [2.05, 4.69) is 48.2 Å². The van der Waals surface area contributed by atoms with E-state index < -0.39 is 0 Å². The summed E-state index contributed by atoms with van der Waals surface area (Å²) < 4.78 is 11.3. The second-order valence-electron chi connectivity index (χ2n) is 7.31. The van der Waals surface area contributed by atoms with Crippen LogP contribution in [0.2, 0.25) is 0 Å². The number of aliphatic imine (C=N–C) groups is 1. The number of benzene rings is 1. The number of rotatable bonds is 8. The molecular formula is C21H35N3O2. The highest BCUT2D eigenvalue weighted by Crippen LogP contribution is 2.19. The summed E-state index contributed by atoms with van der Waals surface area (Å²) in [5.74, 6) is 3.17. The molecule has 0 amide bonds. The Morgan fingerprint density at radius 2 is 1.96 bits per heavy atom. The summed E-state index contributed by atoms with van der Waals surface area (Å²) >= 11 is 0. The standard InChI is InChI=1S/C21H35N3O2/c1-17(2)19-5-7-20(8-6-19)26-16-12-23-21(22-3)24(4)13-9-18-10-14-25-15-11-18/h5-8,17-18H,9-16H2,1-4H3,(H,22,23). The Hall–Kier alpha value is -1.75. The van der Waals surface area contributed by atoms with Crippen molar-refractivity contribution in [3.05, 3.63) is 29.8 Å². The molecule has 0 bridgehead atoms. The lowest BCUT2D eigenvalue weighted by Gasteiger charge is -2.26. The van der Waals surface area contributed by atoms with Crippen LogP contribution < -0.4 is 10.1 Å². The quantitative estimate of drug-likeness (QED) is 0.437. The van der Waals surface area contributed by atoms with Gasteiger partial charge < -0.3 is 19.7 Å². The van der Waals surface area contributed by atoms with Crippen LogP contribution in [0.1, 0.15) is 44.6 Å². The molecule has 0 saturated carbocycles. The first-order valence-electron chi connectivity index (χ1n) is 9.82. The van der Waals surface area contributed by atoms with Gasteiger partial charge in [0.25, 0.3) is 0 Å². The Kier molecular flexibility index (Phi) is 8.75. The van der Waals surface area contributed by atoms with Gasteiger partial charge in [0.05, 0.1) is 6.54 Å². The van der Waals surface area contributed by atoms with Crippen molar-refractivity contribution in [3.8, 4) is 5.75 Å². The number of hydrogen-bond donors (Lipinski definition) is 1. The highest BCUT2D eigenvalue weighted by molar-refractivity contribution is 5.79. The monoisotopic (exact) mass is 361 g/mol. The summed E-state index contributed by atoms with van der Waals surface area (Å²) in [6, 6.07) is 8.36. The molecule has 0 unspecified atom stereocenters. The molecule has 0 spiro atoms. The number of hydrogen-bond acceptors (Lipinski definition) is 3. The zero-order valence-corrected chi connectivity index (χ0v) is 16.8. The maximum atomic E-state index is 5.82. The van der Waals surface area contributed by atoms with E-state index >= 15 is 0 Å². The van der Waals surface area contributed by atoms with Gasteiger partial charge >= 0.3 is 0 Å². The fourth-order valence-electron chi connectivity index (χ4n) is 3.18. The molecule has 5 nitrogen and oxygen atoms in total. The fourth-order valence-corrected chi connectivity index (χ4v) is 3.18. The third-order valence-corrected chi connectivity index (χ3v) is 4.99. The largest absolute Gasteiger partial charge is 0.492 e. The second-order valence-corrected chi connectivity index (χ2v) is 7.31. The van der Waals surface area contributed by atoms with Crippen molar-refractivity contribution < 1.29 is 9.47 Å². The van der Waals surface area contributed by atoms with Crippen LogP contribution in [0, 0.1) is 5.92 Å². The third-order valence-electron chi connectivity index (χ3n) is 4.99. The molecule has 26 heavy (non-hydrogen) atoms. The van der Waals surface area contributed by atoms with Crippen molar-refractivity contribution in [3.63, 3.8) is 0 Å². The molecule has 0 atom stereocenters. The van der Waals surface area contributed by atoms with E-state index in [9.17, 15) is 0 Å². The Morgan fingerprint density at radius 3 is 2.58 bits per heavy atom. The van der Waals surface area contributed by atoms with Crippen molar-refractivity contribution in [2.24, 2.45) is 10.9 Å². The summed E-state index contributed by atoms with van der Waals surface area (Å²) in [5, 5.41) is 3.38. The van der Waals surface area contributed by atoms with E-state index in [1.54, 1.807) is 0 Å². The van der Waals surface area contributed by atoms with Gasteiger partial charge in [-0.3, -0.25) is 4.99 Å². The number of guanidine groups is 1. The van der Waals surface area contributed by atoms with Gasteiger partial charge in [-0.1, -0.05) is 26.0 Å². The molecule has 1 saturated heterocycles. The van der Waals surface area contributed by atoms with E-state index in [0.29, 0.717) is 12.5 Å². The molecule has 0 radical (unpaired) electrons. The SMILES string of the molecule is CN=C(NCCOc1ccc(C(C)C)cc1)N(C)CCC1CCOCC1. The van der Waals surface area contributed by atoms with Crippen molar-refractivity contribution in [2.45, 2.75) is 39.0 Å². The van der Waals surface area contributed by atoms with Gasteiger partial charge in [-0.15, -0.1) is 0 Å². The maximum absolute atomic E-state index is 5.82. The topological polar surface area (TPSA) is 46.1 Å². The van der Waals surface area contributed by atoms with Crippen molar-refractivity contribution in [2.75, 3.05) is 47.0 Å². The number of ether oxygens (including phenoxy) is 2. The first kappa shape index (κ1) is 20.6. The average molecular weight is 362 g/mol. The predicted molar refractivity (Wildman–Crippen MR) is 108 cm³/mol. The summed E-state index contributed by atoms with van der Waals surface area (Å²) in [5.41, 5.74) is 1.34. The summed E-state index contributed by atoms with van der Waals surface area (Å²) in [7, 11) is 3.93. The van der Waals surface area contributed by atoms with E-state index in [1.807, 2.05) is 19.2 Å². The highest BCUT2D eigenvalue weighted by Gasteiger charge is 2.15. The van der Waals surface area contributed by atoms with Crippen LogP contribution in [-0.2, 0) is 4.74 Å². The lowest BCUT2D eigenvalue weighted by molar-refractivity contribution is 0.0625. The van der Waals surface area contributed by atoms with Crippen LogP contribution in [-0.4, -0.2) is 57.9 Å². The van der Waals surface area contributed by atoms with E-state index in [-0.39, 0.29) is 0 Å². The van der Waals surface area contributed by atoms with E-state index in [1.165, 1.54) is 24.8 Å². The van der Waals surface area contributed by atoms with Crippen LogP contribution in [0.4, 0.5) is 0 Å². The Balaban J connectivity index is 1.65. The van der Waals surface area contributed by atoms with Crippen LogP contribution in [0.25, 0.3) is 0 Å². The summed E-state index contributed by atoms with van der Waals surface area (Å²) in [6.07, 6.45) is 3.56. The highest BCUT2D eigenvalue weighted by atomic mass is 16.5. The number of nitrogens with one attached hydrogen (secondary N) is 1.